The van der Waals surface area contributed by atoms with Crippen LogP contribution in [0, 0.1) is 17.8 Å². The zero-order chi connectivity index (χ0) is 25.4. The van der Waals surface area contributed by atoms with Gasteiger partial charge in [0.15, 0.2) is 5.78 Å². The maximum absolute atomic E-state index is 13.6. The number of nitrogens with one attached hydrogen (secondary N) is 3. The molecule has 3 amide bonds. The lowest BCUT2D eigenvalue weighted by molar-refractivity contribution is -0.133. The number of rotatable bonds is 8. The highest BCUT2D eigenvalue weighted by Crippen LogP contribution is 2.43. The molecule has 1 unspecified atom stereocenters. The van der Waals surface area contributed by atoms with Crippen LogP contribution in [0.25, 0.3) is 11.0 Å². The second-order valence-electron chi connectivity index (χ2n) is 9.91. The summed E-state index contributed by atoms with van der Waals surface area (Å²) in [5.74, 6) is -1.06. The highest BCUT2D eigenvalue weighted by molar-refractivity contribution is 6.01. The summed E-state index contributed by atoms with van der Waals surface area (Å²) in [5.41, 5.74) is 0.826. The van der Waals surface area contributed by atoms with Crippen LogP contribution < -0.4 is 15.4 Å². The number of Topliss-reactive ketones (excluding diaryl/α,β-unsaturated/α-hetero) is 1. The van der Waals surface area contributed by atoms with Gasteiger partial charge in [-0.3, -0.25) is 19.2 Å². The van der Waals surface area contributed by atoms with Gasteiger partial charge in [0.2, 0.25) is 11.8 Å². The number of hydrogen-bond acceptors (Lipinski definition) is 7. The second-order valence-corrected chi connectivity index (χ2v) is 9.91. The number of fused-ring (bicyclic) bond motifs is 2. The minimum Gasteiger partial charge on any atom is -0.496 e. The predicted octanol–water partition coefficient (Wildman–Crippen LogP) is 0.385. The molecule has 2 aromatic heterocycles. The van der Waals surface area contributed by atoms with Crippen LogP contribution in [0.5, 0.6) is 5.75 Å². The Morgan fingerprint density at radius 3 is 2.86 bits per heavy atom. The first-order valence-corrected chi connectivity index (χ1v) is 12.5. The summed E-state index contributed by atoms with van der Waals surface area (Å²) < 4.78 is 5.38. The molecule has 1 saturated carbocycles. The molecule has 4 N–H and O–H groups in total. The lowest BCUT2D eigenvalue weighted by atomic mass is 9.92. The Bertz CT molecular complexity index is 1190. The Balaban J connectivity index is 1.39. The Hall–Kier alpha value is -3.47. The average Bonchev–Trinajstić information content (AvgIpc) is 3.66. The largest absolute Gasteiger partial charge is 0.496 e. The van der Waals surface area contributed by atoms with Crippen LogP contribution in [0.2, 0.25) is 0 Å². The third kappa shape index (κ3) is 4.32. The second kappa shape index (κ2) is 9.88. The molecule has 2 aromatic rings. The summed E-state index contributed by atoms with van der Waals surface area (Å²) in [6.45, 7) is 0.240. The topological polar surface area (TPSA) is 154 Å². The first-order valence-electron chi connectivity index (χ1n) is 12.5. The van der Waals surface area contributed by atoms with E-state index in [1.807, 2.05) is 0 Å². The van der Waals surface area contributed by atoms with E-state index in [0.29, 0.717) is 42.0 Å². The molecule has 5 rings (SSSR count). The Morgan fingerprint density at radius 2 is 2.14 bits per heavy atom. The maximum Gasteiger partial charge on any atom is 0.271 e. The summed E-state index contributed by atoms with van der Waals surface area (Å²) in [7, 11) is 1.55. The van der Waals surface area contributed by atoms with E-state index in [1.54, 1.807) is 30.3 Å². The number of aromatic nitrogens is 2. The van der Waals surface area contributed by atoms with Crippen molar-refractivity contribution in [1.29, 1.82) is 0 Å². The van der Waals surface area contributed by atoms with Gasteiger partial charge >= 0.3 is 0 Å². The van der Waals surface area contributed by atoms with E-state index in [1.165, 1.54) is 0 Å². The molecule has 2 aliphatic heterocycles. The first-order chi connectivity index (χ1) is 17.4. The summed E-state index contributed by atoms with van der Waals surface area (Å²) in [5, 5.41) is 15.7. The molecule has 0 bridgehead atoms. The standard InChI is InChI=1S/C25H31N5O6/c1-36-20-6-8-26-22-16(20)10-18(28-22)25(35)30-11-14-3-2-4-15(14)21(30)24(34)29-17(19(32)12-31)9-13-5-7-27-23(13)33/h6,8,10,13-15,17,21,31H,2-5,7,9,11-12H2,1H3,(H,26,28)(H,27,33)(H,29,34)/t13-,14-,15-,17?,21-/m0/s1. The van der Waals surface area contributed by atoms with Gasteiger partial charge in [-0.15, -0.1) is 0 Å². The lowest BCUT2D eigenvalue weighted by Crippen LogP contribution is -2.53. The highest BCUT2D eigenvalue weighted by Gasteiger charge is 2.50. The fourth-order valence-electron chi connectivity index (χ4n) is 6.09. The number of hydrogen-bond donors (Lipinski definition) is 4. The van der Waals surface area contributed by atoms with Crippen molar-refractivity contribution in [3.8, 4) is 5.75 Å². The molecule has 0 aromatic carbocycles. The lowest BCUT2D eigenvalue weighted by Gasteiger charge is -2.29. The van der Waals surface area contributed by atoms with Crippen molar-refractivity contribution in [2.24, 2.45) is 17.8 Å². The summed E-state index contributed by atoms with van der Waals surface area (Å²) in [4.78, 5) is 60.7. The molecular weight excluding hydrogens is 466 g/mol. The van der Waals surface area contributed by atoms with E-state index < -0.39 is 36.3 Å². The van der Waals surface area contributed by atoms with E-state index in [9.17, 15) is 24.3 Å². The number of pyridine rings is 1. The molecule has 11 heteroatoms. The van der Waals surface area contributed by atoms with Crippen LogP contribution in [0.15, 0.2) is 18.3 Å². The van der Waals surface area contributed by atoms with Gasteiger partial charge in [-0.1, -0.05) is 6.42 Å². The number of H-pyrrole nitrogens is 1. The van der Waals surface area contributed by atoms with Gasteiger partial charge in [0, 0.05) is 25.2 Å². The summed E-state index contributed by atoms with van der Waals surface area (Å²) >= 11 is 0. The Morgan fingerprint density at radius 1 is 1.31 bits per heavy atom. The van der Waals surface area contributed by atoms with Crippen LogP contribution in [-0.4, -0.2) is 82.4 Å². The molecule has 1 aliphatic carbocycles. The minimum atomic E-state index is -0.990. The molecule has 4 heterocycles. The third-order valence-corrected chi connectivity index (χ3v) is 7.91. The maximum atomic E-state index is 13.6. The van der Waals surface area contributed by atoms with Crippen molar-refractivity contribution in [2.75, 3.05) is 26.8 Å². The number of nitrogens with zero attached hydrogens (tertiary/aromatic N) is 2. The van der Waals surface area contributed by atoms with Gasteiger partial charge in [0.1, 0.15) is 29.7 Å². The summed E-state index contributed by atoms with van der Waals surface area (Å²) in [6.07, 6.45) is 5.01. The van der Waals surface area contributed by atoms with E-state index >= 15 is 0 Å². The molecule has 0 radical (unpaired) electrons. The van der Waals surface area contributed by atoms with Gasteiger partial charge in [-0.25, -0.2) is 4.98 Å². The number of carbonyl (C=O) groups is 4. The summed E-state index contributed by atoms with van der Waals surface area (Å²) in [6, 6.07) is 1.67. The number of ether oxygens (including phenoxy) is 1. The van der Waals surface area contributed by atoms with Crippen LogP contribution in [0.3, 0.4) is 0 Å². The molecule has 5 atom stereocenters. The quantitative estimate of drug-likeness (QED) is 0.411. The number of aliphatic hydroxyl groups is 1. The number of carbonyl (C=O) groups excluding carboxylic acids is 4. The van der Waals surface area contributed by atoms with Crippen molar-refractivity contribution in [2.45, 2.75) is 44.2 Å². The van der Waals surface area contributed by atoms with Crippen LogP contribution in [-0.2, 0) is 14.4 Å². The van der Waals surface area contributed by atoms with E-state index in [2.05, 4.69) is 20.6 Å². The third-order valence-electron chi connectivity index (χ3n) is 7.91. The van der Waals surface area contributed by atoms with E-state index in [0.717, 1.165) is 19.3 Å². The number of ketones is 1. The normalized spacial score (nSPS) is 26.1. The molecule has 36 heavy (non-hydrogen) atoms. The van der Waals surface area contributed by atoms with Crippen molar-refractivity contribution >= 4 is 34.5 Å². The van der Waals surface area contributed by atoms with Crippen molar-refractivity contribution in [3.63, 3.8) is 0 Å². The molecular formula is C25H31N5O6. The molecule has 11 nitrogen and oxygen atoms in total. The fourth-order valence-corrected chi connectivity index (χ4v) is 6.09. The number of aromatic amines is 1. The zero-order valence-electron chi connectivity index (χ0n) is 20.2. The van der Waals surface area contributed by atoms with Crippen molar-refractivity contribution in [3.05, 3.63) is 24.0 Å². The molecule has 2 saturated heterocycles. The molecule has 192 valence electrons. The number of methoxy groups -OCH3 is 1. The van der Waals surface area contributed by atoms with Crippen LogP contribution in [0.1, 0.15) is 42.6 Å². The van der Waals surface area contributed by atoms with Gasteiger partial charge in [-0.2, -0.15) is 0 Å². The predicted molar refractivity (Wildman–Crippen MR) is 128 cm³/mol. The van der Waals surface area contributed by atoms with Crippen molar-refractivity contribution in [1.82, 2.24) is 25.5 Å². The number of amides is 3. The van der Waals surface area contributed by atoms with Crippen molar-refractivity contribution < 1.29 is 29.0 Å². The van der Waals surface area contributed by atoms with Gasteiger partial charge in [0.25, 0.3) is 5.91 Å². The van der Waals surface area contributed by atoms with E-state index in [4.69, 9.17) is 4.74 Å². The first kappa shape index (κ1) is 24.2. The molecule has 3 fully saturated rings. The zero-order valence-corrected chi connectivity index (χ0v) is 20.2. The smallest absolute Gasteiger partial charge is 0.271 e. The Kier molecular flexibility index (Phi) is 6.65. The van der Waals surface area contributed by atoms with Crippen LogP contribution in [0.4, 0.5) is 0 Å². The number of aliphatic hydroxyl groups excluding tert-OH is 1. The Labute approximate surface area is 208 Å². The minimum absolute atomic E-state index is 0.00866. The molecule has 0 spiro atoms. The van der Waals surface area contributed by atoms with Gasteiger partial charge in [0.05, 0.1) is 18.5 Å². The van der Waals surface area contributed by atoms with E-state index in [-0.39, 0.29) is 30.1 Å². The fraction of sp³-hybridized carbons (Fsp3) is 0.560. The SMILES string of the molecule is COc1ccnc2[nH]c(C(=O)N3C[C@@H]4CCC[C@@H]4[C@H]3C(=O)NC(C[C@@H]3CCNC3=O)C(=O)CO)cc12. The van der Waals surface area contributed by atoms with Crippen LogP contribution >= 0.6 is 0 Å². The van der Waals surface area contributed by atoms with Gasteiger partial charge in [-0.05, 0) is 49.7 Å². The molecule has 3 aliphatic rings. The number of likely N-dealkylation sites (tertiary alicyclic amines) is 1. The monoisotopic (exact) mass is 497 g/mol. The van der Waals surface area contributed by atoms with Gasteiger partial charge < -0.3 is 30.4 Å². The average molecular weight is 498 g/mol. The highest BCUT2D eigenvalue weighted by atomic mass is 16.5.